The Morgan fingerprint density at radius 1 is 1.33 bits per heavy atom. The average Bonchev–Trinajstić information content (AvgIpc) is 3.15. The van der Waals surface area contributed by atoms with E-state index in [0.29, 0.717) is 12.8 Å². The van der Waals surface area contributed by atoms with Crippen LogP contribution in [0.4, 0.5) is 5.95 Å². The fourth-order valence-corrected chi connectivity index (χ4v) is 4.24. The lowest BCUT2D eigenvalue weighted by Crippen LogP contribution is -2.25. The van der Waals surface area contributed by atoms with Crippen LogP contribution >= 0.6 is 15.6 Å². The van der Waals surface area contributed by atoms with Crippen LogP contribution in [0.3, 0.4) is 0 Å². The number of nitrogens with two attached hydrogens (primary N) is 2. The molecule has 0 spiro atoms. The van der Waals surface area contributed by atoms with Gasteiger partial charge in [0.25, 0.3) is 0 Å². The maximum Gasteiger partial charge on any atom is 0.481 e. The number of fused-ring (bicyclic) bond motifs is 1. The lowest BCUT2D eigenvalue weighted by molar-refractivity contribution is -0.0206. The maximum absolute atomic E-state index is 11.8. The largest absolute Gasteiger partial charge is 0.481 e. The first-order valence-electron chi connectivity index (χ1n) is 7.36. The van der Waals surface area contributed by atoms with Crippen LogP contribution in [0.15, 0.2) is 11.1 Å². The van der Waals surface area contributed by atoms with E-state index >= 15 is 0 Å². The SMILES string of the molecule is Nc1nc(=O)c2ncn([C@H]3CC[C@@H](COP(=O)(O)OP(=O)(O)O)O3)c2n1N. The smallest absolute Gasteiger partial charge is 0.368 e. The Morgan fingerprint density at radius 3 is 2.70 bits per heavy atom. The summed E-state index contributed by atoms with van der Waals surface area (Å²) in [5.41, 5.74) is 5.09. The highest BCUT2D eigenvalue weighted by Crippen LogP contribution is 2.57. The van der Waals surface area contributed by atoms with Crippen LogP contribution in [0, 0.1) is 0 Å². The molecule has 2 aromatic heterocycles. The molecule has 17 heteroatoms. The van der Waals surface area contributed by atoms with Crippen LogP contribution in [0.2, 0.25) is 0 Å². The summed E-state index contributed by atoms with van der Waals surface area (Å²) in [6, 6.07) is 0. The molecular formula is C10H16N6O9P2. The highest BCUT2D eigenvalue weighted by atomic mass is 31.3. The molecule has 0 amide bonds. The number of hydrogen-bond acceptors (Lipinski definition) is 10. The van der Waals surface area contributed by atoms with Crippen molar-refractivity contribution in [3.63, 3.8) is 0 Å². The third-order valence-electron chi connectivity index (χ3n) is 3.69. The quantitative estimate of drug-likeness (QED) is 0.270. The van der Waals surface area contributed by atoms with E-state index in [2.05, 4.69) is 18.8 Å². The summed E-state index contributed by atoms with van der Waals surface area (Å²) in [7, 11) is -10.2. The Morgan fingerprint density at radius 2 is 2.04 bits per heavy atom. The molecule has 150 valence electrons. The lowest BCUT2D eigenvalue weighted by atomic mass is 10.2. The second-order valence-corrected chi connectivity index (χ2v) is 8.43. The summed E-state index contributed by atoms with van der Waals surface area (Å²) in [6.45, 7) is -0.462. The van der Waals surface area contributed by atoms with Crippen LogP contribution in [0.5, 0.6) is 0 Å². The fourth-order valence-electron chi connectivity index (χ4n) is 2.62. The zero-order valence-corrected chi connectivity index (χ0v) is 15.3. The van der Waals surface area contributed by atoms with Gasteiger partial charge < -0.3 is 31.0 Å². The monoisotopic (exact) mass is 426 g/mol. The second-order valence-electron chi connectivity index (χ2n) is 5.60. The molecule has 1 aliphatic rings. The summed E-state index contributed by atoms with van der Waals surface area (Å²) < 4.78 is 38.4. The Bertz CT molecular complexity index is 1010. The highest BCUT2D eigenvalue weighted by Gasteiger charge is 2.35. The van der Waals surface area contributed by atoms with E-state index in [4.69, 9.17) is 26.1 Å². The molecular weight excluding hydrogens is 410 g/mol. The standard InChI is InChI=1S/C10H16N6O9P2/c11-10-14-8(17)7-9(16(10)12)15(4-13-7)6-2-1-5(24-6)3-23-27(21,22)25-26(18,19)20/h4-6H,1-3,12H2,(H,21,22)(H2,11,14,17)(H2,18,19,20)/t5-,6+/m0/s1. The average molecular weight is 426 g/mol. The number of ether oxygens (including phenoxy) is 1. The van der Waals surface area contributed by atoms with Crippen molar-refractivity contribution in [3.8, 4) is 0 Å². The molecule has 0 aromatic carbocycles. The number of phosphoric ester groups is 1. The van der Waals surface area contributed by atoms with Gasteiger partial charge in [-0.1, -0.05) is 0 Å². The third kappa shape index (κ3) is 4.36. The third-order valence-corrected chi connectivity index (χ3v) is 5.84. The van der Waals surface area contributed by atoms with Gasteiger partial charge in [-0.3, -0.25) is 13.9 Å². The van der Waals surface area contributed by atoms with Crippen LogP contribution in [-0.4, -0.2) is 46.6 Å². The predicted octanol–water partition coefficient (Wildman–Crippen LogP) is -1.21. The van der Waals surface area contributed by atoms with Crippen LogP contribution < -0.4 is 17.1 Å². The van der Waals surface area contributed by atoms with Crippen molar-refractivity contribution in [1.82, 2.24) is 19.2 Å². The Kier molecular flexibility index (Phi) is 5.14. The molecule has 1 aliphatic heterocycles. The van der Waals surface area contributed by atoms with Crippen molar-refractivity contribution in [2.75, 3.05) is 18.2 Å². The summed E-state index contributed by atoms with van der Waals surface area (Å²) in [5.74, 6) is 5.58. The molecule has 0 saturated carbocycles. The van der Waals surface area contributed by atoms with E-state index in [1.165, 1.54) is 10.9 Å². The number of imidazole rings is 1. The van der Waals surface area contributed by atoms with E-state index in [0.717, 1.165) is 4.68 Å². The van der Waals surface area contributed by atoms with E-state index in [-0.39, 0.29) is 17.1 Å². The molecule has 1 saturated heterocycles. The normalized spacial score (nSPS) is 22.9. The molecule has 3 heterocycles. The number of nitrogen functional groups attached to an aromatic ring is 2. The molecule has 7 N–H and O–H groups in total. The zero-order valence-electron chi connectivity index (χ0n) is 13.5. The Hall–Kier alpha value is -1.83. The molecule has 15 nitrogen and oxygen atoms in total. The zero-order chi connectivity index (χ0) is 20.0. The van der Waals surface area contributed by atoms with E-state index in [9.17, 15) is 18.8 Å². The van der Waals surface area contributed by atoms with Gasteiger partial charge in [-0.25, -0.2) is 18.8 Å². The lowest BCUT2D eigenvalue weighted by Gasteiger charge is -2.18. The molecule has 1 fully saturated rings. The fraction of sp³-hybridized carbons (Fsp3) is 0.500. The topological polar surface area (TPSA) is 227 Å². The van der Waals surface area contributed by atoms with Crippen molar-refractivity contribution >= 4 is 32.8 Å². The van der Waals surface area contributed by atoms with Crippen molar-refractivity contribution in [1.29, 1.82) is 0 Å². The first-order valence-corrected chi connectivity index (χ1v) is 10.4. The van der Waals surface area contributed by atoms with Gasteiger partial charge in [-0.2, -0.15) is 9.29 Å². The summed E-state index contributed by atoms with van der Waals surface area (Å²) in [5, 5.41) is 0. The number of aromatic nitrogens is 4. The first-order chi connectivity index (χ1) is 12.5. The number of hydrogen-bond donors (Lipinski definition) is 5. The van der Waals surface area contributed by atoms with Gasteiger partial charge in [0, 0.05) is 0 Å². The maximum atomic E-state index is 11.8. The first kappa shape index (κ1) is 19.9. The van der Waals surface area contributed by atoms with E-state index in [1.54, 1.807) is 0 Å². The molecule has 3 rings (SSSR count). The van der Waals surface area contributed by atoms with Crippen molar-refractivity contribution < 1.29 is 37.4 Å². The van der Waals surface area contributed by atoms with Crippen LogP contribution in [0.1, 0.15) is 19.1 Å². The Labute approximate surface area is 150 Å². The van der Waals surface area contributed by atoms with E-state index in [1.807, 2.05) is 0 Å². The van der Waals surface area contributed by atoms with Crippen molar-refractivity contribution in [2.24, 2.45) is 0 Å². The predicted molar refractivity (Wildman–Crippen MR) is 88.4 cm³/mol. The van der Waals surface area contributed by atoms with Gasteiger partial charge in [-0.05, 0) is 12.8 Å². The van der Waals surface area contributed by atoms with E-state index < -0.39 is 40.1 Å². The van der Waals surface area contributed by atoms with Gasteiger partial charge in [-0.15, -0.1) is 0 Å². The molecule has 27 heavy (non-hydrogen) atoms. The molecule has 0 bridgehead atoms. The van der Waals surface area contributed by atoms with Gasteiger partial charge in [0.15, 0.2) is 11.2 Å². The molecule has 2 aromatic rings. The number of rotatable bonds is 6. The molecule has 0 radical (unpaired) electrons. The molecule has 0 aliphatic carbocycles. The number of phosphoric acid groups is 2. The van der Waals surface area contributed by atoms with Gasteiger partial charge in [0.2, 0.25) is 5.95 Å². The minimum absolute atomic E-state index is 0.00935. The van der Waals surface area contributed by atoms with Crippen molar-refractivity contribution in [3.05, 3.63) is 16.7 Å². The molecule has 3 atom stereocenters. The van der Waals surface area contributed by atoms with Gasteiger partial charge >= 0.3 is 21.2 Å². The van der Waals surface area contributed by atoms with Crippen molar-refractivity contribution in [2.45, 2.75) is 25.2 Å². The molecule has 1 unspecified atom stereocenters. The van der Waals surface area contributed by atoms with Gasteiger partial charge in [0.1, 0.15) is 6.23 Å². The minimum Gasteiger partial charge on any atom is -0.368 e. The highest BCUT2D eigenvalue weighted by molar-refractivity contribution is 7.60. The minimum atomic E-state index is -5.20. The second kappa shape index (κ2) is 6.96. The van der Waals surface area contributed by atoms with Crippen LogP contribution in [0.25, 0.3) is 11.2 Å². The Balaban J connectivity index is 1.72. The van der Waals surface area contributed by atoms with Crippen LogP contribution in [-0.2, 0) is 22.7 Å². The summed E-state index contributed by atoms with van der Waals surface area (Å²) >= 11 is 0. The summed E-state index contributed by atoms with van der Waals surface area (Å²) in [6.07, 6.45) is 0.768. The number of nitrogens with zero attached hydrogens (tertiary/aromatic N) is 4. The summed E-state index contributed by atoms with van der Waals surface area (Å²) in [4.78, 5) is 45.7. The van der Waals surface area contributed by atoms with Gasteiger partial charge in [0.05, 0.1) is 19.0 Å². The number of anilines is 1.